The Kier molecular flexibility index (Phi) is 8.75. The van der Waals surface area contributed by atoms with E-state index in [0.717, 1.165) is 0 Å². The van der Waals surface area contributed by atoms with Gasteiger partial charge < -0.3 is 46.1 Å². The third kappa shape index (κ3) is 5.30. The van der Waals surface area contributed by atoms with Crippen LogP contribution in [0.25, 0.3) is 0 Å². The van der Waals surface area contributed by atoms with E-state index in [9.17, 15) is 34.8 Å². The zero-order valence-electron chi connectivity index (χ0n) is 23.5. The number of phenolic OH excluding ortho intramolecular Hbond substituents is 2. The van der Waals surface area contributed by atoms with Crippen molar-refractivity contribution in [1.29, 1.82) is 0 Å². The van der Waals surface area contributed by atoms with Gasteiger partial charge >= 0.3 is 6.03 Å². The number of phenols is 2. The van der Waals surface area contributed by atoms with E-state index < -0.39 is 76.5 Å². The number of methoxy groups -OCH3 is 1. The van der Waals surface area contributed by atoms with Gasteiger partial charge in [-0.05, 0) is 19.9 Å². The van der Waals surface area contributed by atoms with Crippen molar-refractivity contribution < 1.29 is 49.0 Å². The van der Waals surface area contributed by atoms with Crippen molar-refractivity contribution >= 4 is 35.7 Å². The number of fused-ring (bicyclic) bond motifs is 3. The van der Waals surface area contributed by atoms with Crippen LogP contribution in [0.4, 0.5) is 4.79 Å². The van der Waals surface area contributed by atoms with E-state index in [1.54, 1.807) is 6.92 Å². The molecule has 4 unspecified atom stereocenters. The maximum atomic E-state index is 13.8. The minimum Gasteiger partial charge on any atom is -0.507 e. The van der Waals surface area contributed by atoms with Crippen LogP contribution in [0.1, 0.15) is 75.8 Å². The minimum atomic E-state index is -1.89. The number of nitrogens with zero attached hydrogens (tertiary/aromatic N) is 1. The van der Waals surface area contributed by atoms with Crippen LogP contribution in [0, 0.1) is 0 Å². The van der Waals surface area contributed by atoms with Crippen molar-refractivity contribution in [2.24, 2.45) is 16.6 Å². The summed E-state index contributed by atoms with van der Waals surface area (Å²) in [5, 5.41) is 48.9. The normalized spacial score (nSPS) is 28.2. The molecule has 0 radical (unpaired) electrons. The number of aromatic hydroxyl groups is 2. The molecule has 1 fully saturated rings. The maximum absolute atomic E-state index is 13.8. The fraction of sp³-hybridized carbons (Fsp3) is 0.429. The number of aliphatic hydroxyl groups is 2. The van der Waals surface area contributed by atoms with Crippen LogP contribution in [0.5, 0.6) is 17.2 Å². The van der Waals surface area contributed by atoms with Crippen LogP contribution < -0.4 is 21.6 Å². The number of carbonyl (C=O) groups is 3. The first kappa shape index (κ1) is 32.1. The number of ketones is 2. The molecule has 1 saturated heterocycles. The Morgan fingerprint density at radius 1 is 1.16 bits per heavy atom. The summed E-state index contributed by atoms with van der Waals surface area (Å²) in [5.41, 5.74) is 10.3. The Balaban J connectivity index is 0.00000423. The Bertz CT molecular complexity index is 1520. The van der Waals surface area contributed by atoms with E-state index in [-0.39, 0.29) is 65.4 Å². The number of halogens is 1. The van der Waals surface area contributed by atoms with E-state index in [2.05, 4.69) is 5.10 Å². The number of hydrogen-bond acceptors (Lipinski definition) is 12. The van der Waals surface area contributed by atoms with Crippen molar-refractivity contribution in [3.05, 3.63) is 51.6 Å². The highest BCUT2D eigenvalue weighted by Gasteiger charge is 2.49. The molecule has 0 spiro atoms. The highest BCUT2D eigenvalue weighted by Crippen LogP contribution is 2.52. The highest BCUT2D eigenvalue weighted by molar-refractivity contribution is 6.31. The molecular weight excluding hydrogens is 588 g/mol. The summed E-state index contributed by atoms with van der Waals surface area (Å²) in [5.74, 6) is -2.61. The van der Waals surface area contributed by atoms with Gasteiger partial charge in [0.15, 0.2) is 12.1 Å². The number of carbonyl (C=O) groups excluding carboxylic acids is 3. The van der Waals surface area contributed by atoms with Crippen LogP contribution in [-0.2, 0) is 15.9 Å². The molecule has 2 aliphatic carbocycles. The lowest BCUT2D eigenvalue weighted by atomic mass is 9.72. The van der Waals surface area contributed by atoms with Crippen LogP contribution >= 0.6 is 12.4 Å². The third-order valence-corrected chi connectivity index (χ3v) is 8.15. The quantitative estimate of drug-likeness (QED) is 0.120. The molecule has 1 aliphatic heterocycles. The summed E-state index contributed by atoms with van der Waals surface area (Å²) in [6, 6.07) is 2.73. The van der Waals surface area contributed by atoms with Gasteiger partial charge in [-0.15, -0.1) is 12.4 Å². The van der Waals surface area contributed by atoms with Gasteiger partial charge in [-0.25, -0.2) is 10.2 Å². The van der Waals surface area contributed by atoms with E-state index in [0.29, 0.717) is 0 Å². The average Bonchev–Trinajstić information content (AvgIpc) is 2.94. The summed E-state index contributed by atoms with van der Waals surface area (Å²) in [6.45, 7) is 3.02. The second-order valence-electron chi connectivity index (χ2n) is 10.8. The standard InChI is InChI=1S/C28H32N4O10.ClH/c1-10-22(33)14(29)7-17(41-10)42-16-9-28(39,11(2)31-32-27(30)38)8-13-19(16)26(37)21-20(24(13)35)23(34)12-5-4-6-15(40-3)18(12)25(21)36;/h4-6,10,14,16-17,22,33,35,37,39H,7-9,29H2,1-3H3,(H3,30,32,38);1H/b31-11-;/t10?,14?,16-,17?,22?,28-;/m0./s1. The van der Waals surface area contributed by atoms with Crippen molar-refractivity contribution in [3.63, 3.8) is 0 Å². The molecule has 14 nitrogen and oxygen atoms in total. The minimum absolute atomic E-state index is 0. The number of nitrogens with one attached hydrogen (secondary N) is 1. The summed E-state index contributed by atoms with van der Waals surface area (Å²) in [6.07, 6.45) is -4.54. The number of rotatable bonds is 5. The van der Waals surface area contributed by atoms with Gasteiger partial charge in [0.2, 0.25) is 5.78 Å². The number of hydrazone groups is 1. The lowest BCUT2D eigenvalue weighted by Gasteiger charge is -2.42. The second-order valence-corrected chi connectivity index (χ2v) is 10.8. The fourth-order valence-corrected chi connectivity index (χ4v) is 5.91. The molecule has 1 heterocycles. The monoisotopic (exact) mass is 620 g/mol. The Labute approximate surface area is 252 Å². The van der Waals surface area contributed by atoms with Crippen LogP contribution in [0.3, 0.4) is 0 Å². The topological polar surface area (TPSA) is 236 Å². The summed E-state index contributed by atoms with van der Waals surface area (Å²) >= 11 is 0. The predicted molar refractivity (Wildman–Crippen MR) is 153 cm³/mol. The number of nitrogens with two attached hydrogens (primary N) is 2. The van der Waals surface area contributed by atoms with Gasteiger partial charge in [-0.1, -0.05) is 12.1 Å². The van der Waals surface area contributed by atoms with Crippen LogP contribution in [-0.4, -0.2) is 81.0 Å². The molecular formula is C28H33ClN4O10. The number of urea groups is 1. The molecule has 2 aromatic carbocycles. The number of ether oxygens (including phenoxy) is 3. The first-order valence-electron chi connectivity index (χ1n) is 13.2. The number of primary amides is 1. The van der Waals surface area contributed by atoms with Crippen molar-refractivity contribution in [2.75, 3.05) is 7.11 Å². The Hall–Kier alpha value is -3.79. The van der Waals surface area contributed by atoms with E-state index >= 15 is 0 Å². The maximum Gasteiger partial charge on any atom is 0.332 e. The smallest absolute Gasteiger partial charge is 0.332 e. The SMILES string of the molecule is COc1cccc2c1C(=O)c1c(O)c3c(c(O)c1C2=O)C[C@@](O)(/C(C)=N\NC(N)=O)C[C@@H]3OC1CC(N)C(O)C(C)O1.Cl. The van der Waals surface area contributed by atoms with Crippen molar-refractivity contribution in [2.45, 2.75) is 69.4 Å². The molecule has 43 heavy (non-hydrogen) atoms. The molecule has 2 aromatic rings. The number of benzene rings is 2. The largest absolute Gasteiger partial charge is 0.507 e. The molecule has 3 aliphatic rings. The number of hydrogen-bond donors (Lipinski definition) is 7. The first-order valence-corrected chi connectivity index (χ1v) is 13.2. The van der Waals surface area contributed by atoms with Crippen molar-refractivity contribution in [3.8, 4) is 17.2 Å². The third-order valence-electron chi connectivity index (χ3n) is 8.15. The fourth-order valence-electron chi connectivity index (χ4n) is 5.91. The molecule has 0 saturated carbocycles. The van der Waals surface area contributed by atoms with E-state index in [1.807, 2.05) is 5.43 Å². The first-order chi connectivity index (χ1) is 19.8. The molecule has 2 amide bonds. The lowest BCUT2D eigenvalue weighted by molar-refractivity contribution is -0.245. The molecule has 0 aromatic heterocycles. The van der Waals surface area contributed by atoms with E-state index in [1.165, 1.54) is 32.2 Å². The average molecular weight is 621 g/mol. The van der Waals surface area contributed by atoms with Crippen molar-refractivity contribution in [1.82, 2.24) is 5.43 Å². The van der Waals surface area contributed by atoms with Crippen LogP contribution in [0.15, 0.2) is 23.3 Å². The summed E-state index contributed by atoms with van der Waals surface area (Å²) in [7, 11) is 1.33. The van der Waals surface area contributed by atoms with Crippen LogP contribution in [0.2, 0.25) is 0 Å². The zero-order valence-corrected chi connectivity index (χ0v) is 24.3. The summed E-state index contributed by atoms with van der Waals surface area (Å²) < 4.78 is 17.3. The number of amides is 2. The van der Waals surface area contributed by atoms with Gasteiger partial charge in [0.25, 0.3) is 0 Å². The number of aliphatic hydroxyl groups excluding tert-OH is 1. The lowest BCUT2D eigenvalue weighted by Crippen LogP contribution is -2.52. The highest BCUT2D eigenvalue weighted by atomic mass is 35.5. The predicted octanol–water partition coefficient (Wildman–Crippen LogP) is 0.906. The molecule has 0 bridgehead atoms. The molecule has 9 N–H and O–H groups in total. The van der Waals surface area contributed by atoms with Gasteiger partial charge in [0, 0.05) is 42.0 Å². The van der Waals surface area contributed by atoms with Gasteiger partial charge in [-0.3, -0.25) is 9.59 Å². The zero-order chi connectivity index (χ0) is 30.7. The van der Waals surface area contributed by atoms with Gasteiger partial charge in [0.1, 0.15) is 22.8 Å². The molecule has 5 rings (SSSR count). The van der Waals surface area contributed by atoms with E-state index in [4.69, 9.17) is 25.7 Å². The van der Waals surface area contributed by atoms with Gasteiger partial charge in [-0.2, -0.15) is 5.10 Å². The second kappa shape index (κ2) is 11.7. The molecule has 6 atom stereocenters. The Morgan fingerprint density at radius 2 is 1.84 bits per heavy atom. The Morgan fingerprint density at radius 3 is 2.47 bits per heavy atom. The molecule has 15 heteroatoms. The van der Waals surface area contributed by atoms with Gasteiger partial charge in [0.05, 0.1) is 47.8 Å². The molecule has 232 valence electrons. The summed E-state index contributed by atoms with van der Waals surface area (Å²) in [4.78, 5) is 38.7.